The molecule has 0 aromatic carbocycles. The Labute approximate surface area is 71.7 Å². The first kappa shape index (κ1) is 10.7. The van der Waals surface area contributed by atoms with Gasteiger partial charge in [0, 0.05) is 0 Å². The van der Waals surface area contributed by atoms with E-state index in [1.165, 1.54) is 0 Å². The maximum atomic E-state index is 2.32. The summed E-state index contributed by atoms with van der Waals surface area (Å²) in [5.74, 6) is 1.46. The van der Waals surface area contributed by atoms with Crippen LogP contribution in [0.5, 0.6) is 0 Å². The first-order valence-electron chi connectivity index (χ1n) is 4.52. The Balaban J connectivity index is 3.93. The van der Waals surface area contributed by atoms with Gasteiger partial charge in [-0.15, -0.1) is 0 Å². The van der Waals surface area contributed by atoms with Gasteiger partial charge < -0.3 is 0 Å². The molecule has 0 aromatic rings. The van der Waals surface area contributed by atoms with Gasteiger partial charge in [-0.05, 0) is 17.3 Å². The highest BCUT2D eigenvalue weighted by Crippen LogP contribution is 2.18. The molecule has 0 bridgehead atoms. The van der Waals surface area contributed by atoms with Gasteiger partial charge in [-0.2, -0.15) is 0 Å². The molecule has 1 atom stereocenters. The molecule has 0 aliphatic carbocycles. The van der Waals surface area contributed by atoms with Crippen LogP contribution in [0, 0.1) is 17.3 Å². The number of allylic oxidation sites excluding steroid dienone is 2. The first-order valence-corrected chi connectivity index (χ1v) is 4.52. The smallest absolute Gasteiger partial charge is 0.0203 e. The largest absolute Gasteiger partial charge is 0.0849 e. The van der Waals surface area contributed by atoms with Crippen molar-refractivity contribution in [2.45, 2.75) is 41.5 Å². The predicted octanol–water partition coefficient (Wildman–Crippen LogP) is 3.88. The zero-order chi connectivity index (χ0) is 9.07. The Kier molecular flexibility index (Phi) is 3.85. The summed E-state index contributed by atoms with van der Waals surface area (Å²) in [6.45, 7) is 13.5. The molecule has 0 heterocycles. The minimum absolute atomic E-state index is 0.336. The second-order valence-electron chi connectivity index (χ2n) is 4.83. The van der Waals surface area contributed by atoms with Crippen LogP contribution in [-0.2, 0) is 0 Å². The fourth-order valence-electron chi connectivity index (χ4n) is 0.663. The van der Waals surface area contributed by atoms with Crippen molar-refractivity contribution < 1.29 is 0 Å². The molecular formula is C11H22. The van der Waals surface area contributed by atoms with Crippen molar-refractivity contribution in [2.24, 2.45) is 17.3 Å². The molecule has 0 spiro atoms. The van der Waals surface area contributed by atoms with Crippen LogP contribution in [0.4, 0.5) is 0 Å². The molecule has 0 fully saturated rings. The van der Waals surface area contributed by atoms with Crippen LogP contribution in [0.1, 0.15) is 41.5 Å². The van der Waals surface area contributed by atoms with Crippen molar-refractivity contribution in [1.82, 2.24) is 0 Å². The van der Waals surface area contributed by atoms with Crippen LogP contribution in [0.3, 0.4) is 0 Å². The summed E-state index contributed by atoms with van der Waals surface area (Å²) < 4.78 is 0. The van der Waals surface area contributed by atoms with Crippen molar-refractivity contribution in [2.75, 3.05) is 0 Å². The summed E-state index contributed by atoms with van der Waals surface area (Å²) in [5.41, 5.74) is 0.336. The van der Waals surface area contributed by atoms with E-state index in [-0.39, 0.29) is 0 Å². The molecular weight excluding hydrogens is 132 g/mol. The van der Waals surface area contributed by atoms with Crippen LogP contribution in [0.15, 0.2) is 12.2 Å². The van der Waals surface area contributed by atoms with Gasteiger partial charge in [0.2, 0.25) is 0 Å². The summed E-state index contributed by atoms with van der Waals surface area (Å²) in [6, 6.07) is 0. The lowest BCUT2D eigenvalue weighted by Crippen LogP contribution is -2.04. The molecule has 0 rings (SSSR count). The SMILES string of the molecule is CC(C)C(C)/C=C/C(C)(C)C. The number of hydrogen-bond donors (Lipinski definition) is 0. The first-order chi connectivity index (χ1) is 4.83. The van der Waals surface area contributed by atoms with Gasteiger partial charge >= 0.3 is 0 Å². The van der Waals surface area contributed by atoms with Gasteiger partial charge in [-0.1, -0.05) is 53.7 Å². The van der Waals surface area contributed by atoms with Gasteiger partial charge in [0.25, 0.3) is 0 Å². The molecule has 0 aromatic heterocycles. The van der Waals surface area contributed by atoms with E-state index in [1.54, 1.807) is 0 Å². The van der Waals surface area contributed by atoms with Crippen LogP contribution in [0.2, 0.25) is 0 Å². The lowest BCUT2D eigenvalue weighted by molar-refractivity contribution is 0.486. The normalized spacial score (nSPS) is 16.3. The summed E-state index contributed by atoms with van der Waals surface area (Å²) in [6.07, 6.45) is 4.63. The zero-order valence-corrected chi connectivity index (χ0v) is 8.81. The average Bonchev–Trinajstić information content (AvgIpc) is 1.80. The van der Waals surface area contributed by atoms with E-state index in [4.69, 9.17) is 0 Å². The predicted molar refractivity (Wildman–Crippen MR) is 52.6 cm³/mol. The molecule has 0 heteroatoms. The molecule has 11 heavy (non-hydrogen) atoms. The van der Waals surface area contributed by atoms with Crippen molar-refractivity contribution in [3.05, 3.63) is 12.2 Å². The van der Waals surface area contributed by atoms with Crippen molar-refractivity contribution in [3.63, 3.8) is 0 Å². The third-order valence-electron chi connectivity index (χ3n) is 1.95. The quantitative estimate of drug-likeness (QED) is 0.529. The topological polar surface area (TPSA) is 0 Å². The maximum absolute atomic E-state index is 2.32. The van der Waals surface area contributed by atoms with Crippen molar-refractivity contribution >= 4 is 0 Å². The van der Waals surface area contributed by atoms with E-state index in [0.717, 1.165) is 5.92 Å². The molecule has 0 nitrogen and oxygen atoms in total. The van der Waals surface area contributed by atoms with Crippen LogP contribution < -0.4 is 0 Å². The van der Waals surface area contributed by atoms with Crippen molar-refractivity contribution in [3.8, 4) is 0 Å². The van der Waals surface area contributed by atoms with E-state index in [9.17, 15) is 0 Å². The molecule has 0 aliphatic rings. The third kappa shape index (κ3) is 6.15. The highest BCUT2D eigenvalue weighted by Gasteiger charge is 2.06. The fourth-order valence-corrected chi connectivity index (χ4v) is 0.663. The van der Waals surface area contributed by atoms with Gasteiger partial charge in [0.1, 0.15) is 0 Å². The molecule has 1 unspecified atom stereocenters. The molecule has 0 radical (unpaired) electrons. The molecule has 0 amide bonds. The van der Waals surface area contributed by atoms with E-state index in [2.05, 4.69) is 53.7 Å². The van der Waals surface area contributed by atoms with Crippen molar-refractivity contribution in [1.29, 1.82) is 0 Å². The van der Waals surface area contributed by atoms with Crippen LogP contribution >= 0.6 is 0 Å². The zero-order valence-electron chi connectivity index (χ0n) is 8.81. The summed E-state index contributed by atoms with van der Waals surface area (Å²) in [5, 5.41) is 0. The van der Waals surface area contributed by atoms with Crippen LogP contribution in [-0.4, -0.2) is 0 Å². The number of rotatable bonds is 2. The Bertz CT molecular complexity index is 123. The molecule has 0 aliphatic heterocycles. The monoisotopic (exact) mass is 154 g/mol. The average molecular weight is 154 g/mol. The maximum Gasteiger partial charge on any atom is -0.0203 e. The Morgan fingerprint density at radius 1 is 1.00 bits per heavy atom. The highest BCUT2D eigenvalue weighted by atomic mass is 14.1. The van der Waals surface area contributed by atoms with E-state index in [0.29, 0.717) is 11.3 Å². The third-order valence-corrected chi connectivity index (χ3v) is 1.95. The molecule has 0 N–H and O–H groups in total. The fraction of sp³-hybridized carbons (Fsp3) is 0.818. The van der Waals surface area contributed by atoms with E-state index < -0.39 is 0 Å². The Morgan fingerprint density at radius 3 is 1.73 bits per heavy atom. The second-order valence-corrected chi connectivity index (χ2v) is 4.83. The summed E-state index contributed by atoms with van der Waals surface area (Å²) in [4.78, 5) is 0. The molecule has 0 saturated heterocycles. The van der Waals surface area contributed by atoms with E-state index >= 15 is 0 Å². The standard InChI is InChI=1S/C11H22/c1-9(2)10(3)7-8-11(4,5)6/h7-10H,1-6H3/b8-7+. The summed E-state index contributed by atoms with van der Waals surface area (Å²) in [7, 11) is 0. The second kappa shape index (κ2) is 3.94. The van der Waals surface area contributed by atoms with Crippen LogP contribution in [0.25, 0.3) is 0 Å². The van der Waals surface area contributed by atoms with Gasteiger partial charge in [-0.25, -0.2) is 0 Å². The lowest BCUT2D eigenvalue weighted by atomic mass is 9.91. The minimum atomic E-state index is 0.336. The van der Waals surface area contributed by atoms with Gasteiger partial charge in [-0.3, -0.25) is 0 Å². The van der Waals surface area contributed by atoms with Gasteiger partial charge in [0.05, 0.1) is 0 Å². The Hall–Kier alpha value is -0.260. The Morgan fingerprint density at radius 2 is 1.45 bits per heavy atom. The number of hydrogen-bond acceptors (Lipinski definition) is 0. The minimum Gasteiger partial charge on any atom is -0.0849 e. The lowest BCUT2D eigenvalue weighted by Gasteiger charge is -2.15. The summed E-state index contributed by atoms with van der Waals surface area (Å²) >= 11 is 0. The highest BCUT2D eigenvalue weighted by molar-refractivity contribution is 4.95. The molecule has 0 saturated carbocycles. The van der Waals surface area contributed by atoms with Gasteiger partial charge in [0.15, 0.2) is 0 Å². The van der Waals surface area contributed by atoms with E-state index in [1.807, 2.05) is 0 Å². The molecule has 66 valence electrons.